The Morgan fingerprint density at radius 2 is 1.88 bits per heavy atom. The molecule has 0 unspecified atom stereocenters. The van der Waals surface area contributed by atoms with Crippen LogP contribution < -0.4 is 5.73 Å². The van der Waals surface area contributed by atoms with Gasteiger partial charge in [0.15, 0.2) is 0 Å². The molecule has 0 fully saturated rings. The average molecular weight is 251 g/mol. The monoisotopic (exact) mass is 251 g/mol. The van der Waals surface area contributed by atoms with Crippen molar-refractivity contribution >= 4 is 0 Å². The number of benzene rings is 1. The first kappa shape index (κ1) is 13.6. The van der Waals surface area contributed by atoms with Crippen molar-refractivity contribution in [1.29, 1.82) is 0 Å². The number of allylic oxidation sites excluding steroid dienone is 1. The summed E-state index contributed by atoms with van der Waals surface area (Å²) < 4.78 is 62.6. The molecule has 17 heavy (non-hydrogen) atoms. The number of halogens is 5. The molecule has 1 aromatic carbocycles. The summed E-state index contributed by atoms with van der Waals surface area (Å²) in [5.74, 6) is -1.65. The summed E-state index contributed by atoms with van der Waals surface area (Å²) in [7, 11) is 0. The third-order valence-corrected chi connectivity index (χ3v) is 2.04. The quantitative estimate of drug-likeness (QED) is 0.820. The topological polar surface area (TPSA) is 26.0 Å². The van der Waals surface area contributed by atoms with E-state index in [1.54, 1.807) is 0 Å². The van der Waals surface area contributed by atoms with E-state index in [-0.39, 0.29) is 18.5 Å². The van der Waals surface area contributed by atoms with Gasteiger partial charge in [0, 0.05) is 6.54 Å². The van der Waals surface area contributed by atoms with E-state index in [0.29, 0.717) is 6.07 Å². The van der Waals surface area contributed by atoms with Crippen LogP contribution >= 0.6 is 0 Å². The second kappa shape index (κ2) is 5.27. The van der Waals surface area contributed by atoms with Crippen molar-refractivity contribution in [2.24, 2.45) is 5.73 Å². The van der Waals surface area contributed by atoms with Gasteiger partial charge in [0.1, 0.15) is 11.6 Å². The molecule has 1 aromatic rings. The van der Waals surface area contributed by atoms with Crippen molar-refractivity contribution in [1.82, 2.24) is 0 Å². The molecule has 0 radical (unpaired) electrons. The fourth-order valence-electron chi connectivity index (χ4n) is 1.24. The molecular formula is C11H10F5N. The van der Waals surface area contributed by atoms with Gasteiger partial charge in [-0.15, -0.1) is 0 Å². The van der Waals surface area contributed by atoms with Gasteiger partial charge in [0.2, 0.25) is 0 Å². The van der Waals surface area contributed by atoms with Gasteiger partial charge in [-0.1, -0.05) is 0 Å². The maximum absolute atomic E-state index is 12.9. The van der Waals surface area contributed by atoms with E-state index in [0.717, 1.165) is 18.2 Å². The number of nitrogens with two attached hydrogens (primary N) is 1. The molecule has 1 nitrogen and oxygen atoms in total. The summed E-state index contributed by atoms with van der Waals surface area (Å²) in [6, 6.07) is 2.10. The van der Waals surface area contributed by atoms with Gasteiger partial charge >= 0.3 is 6.18 Å². The molecule has 6 heteroatoms. The molecule has 0 amide bonds. The summed E-state index contributed by atoms with van der Waals surface area (Å²) >= 11 is 0. The van der Waals surface area contributed by atoms with Gasteiger partial charge in [0.25, 0.3) is 0 Å². The van der Waals surface area contributed by atoms with Gasteiger partial charge in [-0.2, -0.15) is 13.2 Å². The van der Waals surface area contributed by atoms with E-state index in [9.17, 15) is 22.0 Å². The molecule has 0 saturated heterocycles. The van der Waals surface area contributed by atoms with Crippen molar-refractivity contribution in [3.05, 3.63) is 47.0 Å². The highest BCUT2D eigenvalue weighted by atomic mass is 19.4. The first-order chi connectivity index (χ1) is 7.82. The lowest BCUT2D eigenvalue weighted by atomic mass is 10.1. The van der Waals surface area contributed by atoms with Crippen molar-refractivity contribution in [3.63, 3.8) is 0 Å². The smallest absolute Gasteiger partial charge is 0.325 e. The fraction of sp³-hybridized carbons (Fsp3) is 0.273. The molecular weight excluding hydrogens is 241 g/mol. The zero-order valence-corrected chi connectivity index (χ0v) is 8.69. The lowest BCUT2D eigenvalue weighted by Crippen LogP contribution is -2.06. The van der Waals surface area contributed by atoms with Crippen LogP contribution in [0, 0.1) is 5.82 Å². The molecule has 2 N–H and O–H groups in total. The van der Waals surface area contributed by atoms with E-state index in [2.05, 4.69) is 0 Å². The van der Waals surface area contributed by atoms with Gasteiger partial charge < -0.3 is 5.73 Å². The SMILES string of the molecule is NC/C(F)=C/Cc1cc(F)cc(C(F)(F)F)c1. The van der Waals surface area contributed by atoms with Crippen LogP contribution in [0.15, 0.2) is 30.1 Å². The Labute approximate surface area is 94.7 Å². The Kier molecular flexibility index (Phi) is 4.22. The molecule has 1 rings (SSSR count). The highest BCUT2D eigenvalue weighted by molar-refractivity contribution is 5.28. The van der Waals surface area contributed by atoms with Crippen molar-refractivity contribution < 1.29 is 22.0 Å². The third-order valence-electron chi connectivity index (χ3n) is 2.04. The normalized spacial score (nSPS) is 12.9. The van der Waals surface area contributed by atoms with E-state index in [1.165, 1.54) is 0 Å². The van der Waals surface area contributed by atoms with E-state index < -0.39 is 23.4 Å². The second-order valence-electron chi connectivity index (χ2n) is 3.41. The summed E-state index contributed by atoms with van der Waals surface area (Å²) in [6.45, 7) is -0.332. The Morgan fingerprint density at radius 1 is 1.24 bits per heavy atom. The van der Waals surface area contributed by atoms with Gasteiger partial charge in [-0.05, 0) is 36.3 Å². The minimum absolute atomic E-state index is 0.0425. The van der Waals surface area contributed by atoms with Crippen LogP contribution in [0.1, 0.15) is 11.1 Å². The van der Waals surface area contributed by atoms with E-state index in [4.69, 9.17) is 5.73 Å². The molecule has 0 atom stereocenters. The van der Waals surface area contributed by atoms with E-state index >= 15 is 0 Å². The third kappa shape index (κ3) is 4.14. The molecule has 0 aliphatic rings. The minimum atomic E-state index is -4.62. The highest BCUT2D eigenvalue weighted by Gasteiger charge is 2.31. The highest BCUT2D eigenvalue weighted by Crippen LogP contribution is 2.30. The predicted octanol–water partition coefficient (Wildman–Crippen LogP) is 3.20. The van der Waals surface area contributed by atoms with Crippen LogP contribution in [0.3, 0.4) is 0 Å². The summed E-state index contributed by atoms with van der Waals surface area (Å²) in [5, 5.41) is 0. The molecule has 94 valence electrons. The Balaban J connectivity index is 2.98. The van der Waals surface area contributed by atoms with Crippen LogP contribution in [0.2, 0.25) is 0 Å². The molecule has 0 aliphatic carbocycles. The number of hydrogen-bond donors (Lipinski definition) is 1. The summed E-state index contributed by atoms with van der Waals surface area (Å²) in [5.41, 5.74) is 3.92. The zero-order valence-electron chi connectivity index (χ0n) is 8.69. The summed E-state index contributed by atoms with van der Waals surface area (Å²) in [6.07, 6.45) is -3.73. The number of alkyl halides is 3. The van der Waals surface area contributed by atoms with Crippen LogP contribution in [-0.4, -0.2) is 6.54 Å². The van der Waals surface area contributed by atoms with Crippen molar-refractivity contribution in [3.8, 4) is 0 Å². The van der Waals surface area contributed by atoms with Crippen LogP contribution in [0.25, 0.3) is 0 Å². The number of hydrogen-bond acceptors (Lipinski definition) is 1. The standard InChI is InChI=1S/C11H10F5N/c12-9(6-17)2-1-7-3-8(11(14,15)16)5-10(13)4-7/h2-5H,1,6,17H2/b9-2-. The van der Waals surface area contributed by atoms with Gasteiger partial charge in [-0.3, -0.25) is 0 Å². The molecule has 0 aromatic heterocycles. The molecule has 0 aliphatic heterocycles. The maximum atomic E-state index is 12.9. The zero-order chi connectivity index (χ0) is 13.1. The van der Waals surface area contributed by atoms with E-state index in [1.807, 2.05) is 0 Å². The fourth-order valence-corrected chi connectivity index (χ4v) is 1.24. The van der Waals surface area contributed by atoms with Crippen LogP contribution in [0.4, 0.5) is 22.0 Å². The largest absolute Gasteiger partial charge is 0.416 e. The van der Waals surface area contributed by atoms with Crippen molar-refractivity contribution in [2.75, 3.05) is 6.54 Å². The molecule has 0 bridgehead atoms. The molecule has 0 spiro atoms. The van der Waals surface area contributed by atoms with Crippen LogP contribution in [-0.2, 0) is 12.6 Å². The van der Waals surface area contributed by atoms with Gasteiger partial charge in [-0.25, -0.2) is 8.78 Å². The first-order valence-corrected chi connectivity index (χ1v) is 4.74. The Morgan fingerprint density at radius 3 is 2.41 bits per heavy atom. The van der Waals surface area contributed by atoms with Crippen LogP contribution in [0.5, 0.6) is 0 Å². The first-order valence-electron chi connectivity index (χ1n) is 4.74. The summed E-state index contributed by atoms with van der Waals surface area (Å²) in [4.78, 5) is 0. The second-order valence-corrected chi connectivity index (χ2v) is 3.41. The average Bonchev–Trinajstić information content (AvgIpc) is 2.24. The number of rotatable bonds is 3. The molecule has 0 heterocycles. The maximum Gasteiger partial charge on any atom is 0.416 e. The lowest BCUT2D eigenvalue weighted by Gasteiger charge is -2.08. The van der Waals surface area contributed by atoms with Crippen molar-refractivity contribution in [2.45, 2.75) is 12.6 Å². The Bertz CT molecular complexity index is 422. The predicted molar refractivity (Wildman–Crippen MR) is 53.4 cm³/mol. The Hall–Kier alpha value is -1.43. The minimum Gasteiger partial charge on any atom is -0.325 e. The van der Waals surface area contributed by atoms with Gasteiger partial charge in [0.05, 0.1) is 5.56 Å². The lowest BCUT2D eigenvalue weighted by molar-refractivity contribution is -0.137. The molecule has 0 saturated carbocycles.